The Labute approximate surface area is 94.6 Å². The van der Waals surface area contributed by atoms with E-state index in [0.717, 1.165) is 5.56 Å². The second kappa shape index (κ2) is 5.56. The zero-order valence-corrected chi connectivity index (χ0v) is 9.24. The molecule has 0 aliphatic heterocycles. The largest absolute Gasteiger partial charge is 0.393 e. The third-order valence-corrected chi connectivity index (χ3v) is 2.05. The lowest BCUT2D eigenvalue weighted by molar-refractivity contribution is -0.112. The van der Waals surface area contributed by atoms with Gasteiger partial charge in [-0.15, -0.1) is 0 Å². The predicted molar refractivity (Wildman–Crippen MR) is 62.6 cm³/mol. The van der Waals surface area contributed by atoms with E-state index in [1.165, 1.54) is 6.20 Å². The average Bonchev–Trinajstić information content (AvgIpc) is 2.29. The molecular formula is C12H13N3O. The Morgan fingerprint density at radius 1 is 1.44 bits per heavy atom. The number of amides is 1. The van der Waals surface area contributed by atoms with Crippen LogP contribution in [0.25, 0.3) is 0 Å². The summed E-state index contributed by atoms with van der Waals surface area (Å²) in [5.74, 6) is -0.411. The molecule has 16 heavy (non-hydrogen) atoms. The van der Waals surface area contributed by atoms with Gasteiger partial charge in [-0.25, -0.2) is 0 Å². The fourth-order valence-electron chi connectivity index (χ4n) is 1.20. The molecule has 0 radical (unpaired) electrons. The number of benzene rings is 1. The number of hydrogen-bond acceptors (Lipinski definition) is 3. The summed E-state index contributed by atoms with van der Waals surface area (Å²) >= 11 is 0. The molecule has 0 heterocycles. The molecular weight excluding hydrogens is 202 g/mol. The van der Waals surface area contributed by atoms with Crippen molar-refractivity contribution in [3.05, 3.63) is 41.6 Å². The molecule has 0 unspecified atom stereocenters. The molecule has 1 aromatic carbocycles. The van der Waals surface area contributed by atoms with Crippen molar-refractivity contribution < 1.29 is 4.79 Å². The number of nitrogens with one attached hydrogen (secondary N) is 2. The fraction of sp³-hybridized carbons (Fsp3) is 0.167. The lowest BCUT2D eigenvalue weighted by Crippen LogP contribution is -2.16. The molecule has 0 atom stereocenters. The highest BCUT2D eigenvalue weighted by Crippen LogP contribution is 2.13. The minimum absolute atomic E-state index is 0.0470. The van der Waals surface area contributed by atoms with Crippen molar-refractivity contribution in [1.29, 1.82) is 5.26 Å². The van der Waals surface area contributed by atoms with Gasteiger partial charge in [0.1, 0.15) is 11.6 Å². The predicted octanol–water partition coefficient (Wildman–Crippen LogP) is 1.56. The van der Waals surface area contributed by atoms with Gasteiger partial charge in [-0.3, -0.25) is 4.79 Å². The standard InChI is InChI=1S/C12H13N3O/c1-9-5-3-4-6-11(9)15-12(16)10(7-13)8-14-2/h3-6,8,14H,1-2H3,(H,15,16)/b10-8-. The maximum atomic E-state index is 11.6. The molecule has 0 aliphatic rings. The maximum absolute atomic E-state index is 11.6. The Kier molecular flexibility index (Phi) is 4.10. The summed E-state index contributed by atoms with van der Waals surface area (Å²) in [6.45, 7) is 1.89. The second-order valence-electron chi connectivity index (χ2n) is 3.23. The minimum atomic E-state index is -0.411. The highest BCUT2D eigenvalue weighted by Gasteiger charge is 2.09. The van der Waals surface area contributed by atoms with Crippen molar-refractivity contribution in [2.75, 3.05) is 12.4 Å². The highest BCUT2D eigenvalue weighted by molar-refractivity contribution is 6.06. The van der Waals surface area contributed by atoms with Crippen LogP contribution < -0.4 is 10.6 Å². The third-order valence-electron chi connectivity index (χ3n) is 2.05. The van der Waals surface area contributed by atoms with Crippen LogP contribution in [0.4, 0.5) is 5.69 Å². The first-order valence-corrected chi connectivity index (χ1v) is 4.83. The Hall–Kier alpha value is -2.28. The van der Waals surface area contributed by atoms with Gasteiger partial charge in [0.2, 0.25) is 0 Å². The van der Waals surface area contributed by atoms with Crippen molar-refractivity contribution in [1.82, 2.24) is 5.32 Å². The van der Waals surface area contributed by atoms with Crippen LogP contribution in [0.2, 0.25) is 0 Å². The van der Waals surface area contributed by atoms with E-state index in [1.807, 2.05) is 31.2 Å². The lowest BCUT2D eigenvalue weighted by Gasteiger charge is -2.06. The van der Waals surface area contributed by atoms with E-state index in [1.54, 1.807) is 13.1 Å². The Bertz CT molecular complexity index is 458. The van der Waals surface area contributed by atoms with Crippen LogP contribution in [0.1, 0.15) is 5.56 Å². The first kappa shape index (κ1) is 11.8. The summed E-state index contributed by atoms with van der Waals surface area (Å²) in [6, 6.07) is 9.23. The number of carbonyl (C=O) groups excluding carboxylic acids is 1. The third kappa shape index (κ3) is 2.85. The highest BCUT2D eigenvalue weighted by atomic mass is 16.1. The van der Waals surface area contributed by atoms with Gasteiger partial charge in [-0.1, -0.05) is 18.2 Å². The van der Waals surface area contributed by atoms with Crippen molar-refractivity contribution >= 4 is 11.6 Å². The summed E-state index contributed by atoms with van der Waals surface area (Å²) in [5.41, 5.74) is 1.72. The number of anilines is 1. The van der Waals surface area contributed by atoms with Crippen molar-refractivity contribution in [3.8, 4) is 6.07 Å². The summed E-state index contributed by atoms with van der Waals surface area (Å²) in [5, 5.41) is 14.1. The van der Waals surface area contributed by atoms with E-state index in [9.17, 15) is 4.79 Å². The zero-order chi connectivity index (χ0) is 12.0. The Balaban J connectivity index is 2.84. The minimum Gasteiger partial charge on any atom is -0.393 e. The van der Waals surface area contributed by atoms with E-state index in [-0.39, 0.29) is 5.57 Å². The van der Waals surface area contributed by atoms with Gasteiger partial charge in [-0.2, -0.15) is 5.26 Å². The second-order valence-corrected chi connectivity index (χ2v) is 3.23. The van der Waals surface area contributed by atoms with E-state index in [0.29, 0.717) is 5.69 Å². The molecule has 82 valence electrons. The van der Waals surface area contributed by atoms with Crippen LogP contribution in [0.3, 0.4) is 0 Å². The van der Waals surface area contributed by atoms with Gasteiger partial charge in [0, 0.05) is 18.9 Å². The maximum Gasteiger partial charge on any atom is 0.267 e. The SMILES string of the molecule is CN/C=C(/C#N)C(=O)Nc1ccccc1C. The van der Waals surface area contributed by atoms with Gasteiger partial charge in [-0.05, 0) is 18.6 Å². The van der Waals surface area contributed by atoms with Crippen LogP contribution in [0, 0.1) is 18.3 Å². The molecule has 0 saturated carbocycles. The summed E-state index contributed by atoms with van der Waals surface area (Å²) in [7, 11) is 1.64. The number of aryl methyl sites for hydroxylation is 1. The van der Waals surface area contributed by atoms with Gasteiger partial charge < -0.3 is 10.6 Å². The van der Waals surface area contributed by atoms with Crippen LogP contribution >= 0.6 is 0 Å². The first-order valence-electron chi connectivity index (χ1n) is 4.83. The molecule has 0 aromatic heterocycles. The summed E-state index contributed by atoms with van der Waals surface area (Å²) < 4.78 is 0. The van der Waals surface area contributed by atoms with E-state index >= 15 is 0 Å². The van der Waals surface area contributed by atoms with Crippen LogP contribution in [0.15, 0.2) is 36.0 Å². The Morgan fingerprint density at radius 3 is 2.69 bits per heavy atom. The smallest absolute Gasteiger partial charge is 0.267 e. The molecule has 1 amide bonds. The molecule has 2 N–H and O–H groups in total. The summed E-state index contributed by atoms with van der Waals surface area (Å²) in [6.07, 6.45) is 1.37. The van der Waals surface area contributed by atoms with Gasteiger partial charge in [0.05, 0.1) is 0 Å². The molecule has 1 aromatic rings. The van der Waals surface area contributed by atoms with Crippen molar-refractivity contribution in [3.63, 3.8) is 0 Å². The van der Waals surface area contributed by atoms with E-state index in [4.69, 9.17) is 5.26 Å². The number of carbonyl (C=O) groups is 1. The summed E-state index contributed by atoms with van der Waals surface area (Å²) in [4.78, 5) is 11.6. The molecule has 4 heteroatoms. The first-order chi connectivity index (χ1) is 7.69. The number of para-hydroxylation sites is 1. The number of nitrogens with zero attached hydrogens (tertiary/aromatic N) is 1. The molecule has 1 rings (SSSR count). The topological polar surface area (TPSA) is 64.9 Å². The number of hydrogen-bond donors (Lipinski definition) is 2. The zero-order valence-electron chi connectivity index (χ0n) is 9.24. The number of rotatable bonds is 3. The van der Waals surface area contributed by atoms with Crippen LogP contribution in [-0.4, -0.2) is 13.0 Å². The quantitative estimate of drug-likeness (QED) is 0.594. The van der Waals surface area contributed by atoms with Gasteiger partial charge in [0.25, 0.3) is 5.91 Å². The lowest BCUT2D eigenvalue weighted by atomic mass is 10.2. The normalized spacial score (nSPS) is 10.4. The van der Waals surface area contributed by atoms with Gasteiger partial charge >= 0.3 is 0 Å². The van der Waals surface area contributed by atoms with E-state index < -0.39 is 5.91 Å². The Morgan fingerprint density at radius 2 is 2.12 bits per heavy atom. The van der Waals surface area contributed by atoms with Crippen molar-refractivity contribution in [2.45, 2.75) is 6.92 Å². The van der Waals surface area contributed by atoms with Crippen molar-refractivity contribution in [2.24, 2.45) is 0 Å². The molecule has 0 saturated heterocycles. The molecule has 0 bridgehead atoms. The molecule has 0 fully saturated rings. The van der Waals surface area contributed by atoms with Crippen LogP contribution in [0.5, 0.6) is 0 Å². The monoisotopic (exact) mass is 215 g/mol. The fourth-order valence-corrected chi connectivity index (χ4v) is 1.20. The van der Waals surface area contributed by atoms with Crippen LogP contribution in [-0.2, 0) is 4.79 Å². The number of nitriles is 1. The van der Waals surface area contributed by atoms with E-state index in [2.05, 4.69) is 10.6 Å². The molecule has 4 nitrogen and oxygen atoms in total. The molecule has 0 spiro atoms. The van der Waals surface area contributed by atoms with Gasteiger partial charge in [0.15, 0.2) is 0 Å². The molecule has 0 aliphatic carbocycles. The average molecular weight is 215 g/mol.